The summed E-state index contributed by atoms with van der Waals surface area (Å²) in [6.45, 7) is 10.7. The molecular formula is C22H27N5O3. The Morgan fingerprint density at radius 2 is 1.87 bits per heavy atom. The molecular weight excluding hydrogens is 382 g/mol. The molecule has 0 N–H and O–H groups in total. The van der Waals surface area contributed by atoms with Crippen LogP contribution in [-0.2, 0) is 16.1 Å². The number of ether oxygens (including phenoxy) is 1. The third-order valence-electron chi connectivity index (χ3n) is 5.50. The molecule has 3 aromatic rings. The van der Waals surface area contributed by atoms with Crippen molar-refractivity contribution < 1.29 is 9.53 Å². The zero-order valence-electron chi connectivity index (χ0n) is 18.0. The van der Waals surface area contributed by atoms with E-state index in [0.717, 1.165) is 16.8 Å². The van der Waals surface area contributed by atoms with Crippen molar-refractivity contribution in [3.8, 4) is 5.69 Å². The van der Waals surface area contributed by atoms with E-state index >= 15 is 0 Å². The van der Waals surface area contributed by atoms with E-state index < -0.39 is 0 Å². The highest BCUT2D eigenvalue weighted by molar-refractivity contribution is 5.82. The average Bonchev–Trinajstić information content (AvgIpc) is 3.10. The molecule has 2 aromatic heterocycles. The second kappa shape index (κ2) is 7.68. The van der Waals surface area contributed by atoms with Crippen LogP contribution in [0.2, 0.25) is 0 Å². The van der Waals surface area contributed by atoms with Gasteiger partial charge in [-0.2, -0.15) is 10.2 Å². The van der Waals surface area contributed by atoms with E-state index in [4.69, 9.17) is 4.74 Å². The summed E-state index contributed by atoms with van der Waals surface area (Å²) in [6.07, 6.45) is 1.60. The van der Waals surface area contributed by atoms with Gasteiger partial charge in [0.2, 0.25) is 5.91 Å². The topological polar surface area (TPSA) is 82.2 Å². The zero-order chi connectivity index (χ0) is 21.6. The van der Waals surface area contributed by atoms with Crippen molar-refractivity contribution in [3.05, 3.63) is 51.6 Å². The van der Waals surface area contributed by atoms with E-state index in [-0.39, 0.29) is 30.2 Å². The lowest BCUT2D eigenvalue weighted by atomic mass is 10.1. The molecule has 30 heavy (non-hydrogen) atoms. The lowest BCUT2D eigenvalue weighted by Gasteiger charge is -2.35. The molecule has 3 heterocycles. The number of nitrogens with zero attached hydrogens (tertiary/aromatic N) is 5. The van der Waals surface area contributed by atoms with E-state index in [1.54, 1.807) is 15.8 Å². The SMILES string of the molecule is Cc1ccc(-n2ncc3c(C)nn(CC(=O)N4CC(C)OC(C)C4)c(=O)c32)c(C)c1. The van der Waals surface area contributed by atoms with Crippen molar-refractivity contribution in [3.63, 3.8) is 0 Å². The number of amides is 1. The average molecular weight is 409 g/mol. The van der Waals surface area contributed by atoms with Gasteiger partial charge in [-0.1, -0.05) is 17.7 Å². The summed E-state index contributed by atoms with van der Waals surface area (Å²) in [5, 5.41) is 9.54. The number of benzene rings is 1. The van der Waals surface area contributed by atoms with Crippen LogP contribution >= 0.6 is 0 Å². The van der Waals surface area contributed by atoms with Gasteiger partial charge in [0.05, 0.1) is 29.8 Å². The first-order chi connectivity index (χ1) is 14.2. The highest BCUT2D eigenvalue weighted by atomic mass is 16.5. The summed E-state index contributed by atoms with van der Waals surface area (Å²) < 4.78 is 8.61. The molecule has 0 radical (unpaired) electrons. The molecule has 1 aromatic carbocycles. The van der Waals surface area contributed by atoms with E-state index in [2.05, 4.69) is 16.3 Å². The van der Waals surface area contributed by atoms with Gasteiger partial charge < -0.3 is 9.64 Å². The van der Waals surface area contributed by atoms with Gasteiger partial charge in [-0.05, 0) is 46.2 Å². The van der Waals surface area contributed by atoms with Crippen LogP contribution in [0, 0.1) is 20.8 Å². The minimum Gasteiger partial charge on any atom is -0.372 e. The van der Waals surface area contributed by atoms with Crippen LogP contribution in [-0.4, -0.2) is 55.7 Å². The molecule has 0 bridgehead atoms. The molecule has 4 rings (SSSR count). The molecule has 0 spiro atoms. The molecule has 1 aliphatic heterocycles. The number of aromatic nitrogens is 4. The molecule has 0 saturated carbocycles. The summed E-state index contributed by atoms with van der Waals surface area (Å²) in [5.74, 6) is -0.136. The molecule has 1 fully saturated rings. The van der Waals surface area contributed by atoms with Crippen molar-refractivity contribution in [1.29, 1.82) is 0 Å². The zero-order valence-corrected chi connectivity index (χ0v) is 18.0. The number of carbonyl (C=O) groups excluding carboxylic acids is 1. The summed E-state index contributed by atoms with van der Waals surface area (Å²) in [7, 11) is 0. The summed E-state index contributed by atoms with van der Waals surface area (Å²) >= 11 is 0. The van der Waals surface area contributed by atoms with Gasteiger partial charge in [0, 0.05) is 18.5 Å². The molecule has 0 aliphatic carbocycles. The largest absolute Gasteiger partial charge is 0.372 e. The Hall–Kier alpha value is -3.00. The van der Waals surface area contributed by atoms with Gasteiger partial charge in [0.25, 0.3) is 5.56 Å². The lowest BCUT2D eigenvalue weighted by Crippen LogP contribution is -2.49. The fraction of sp³-hybridized carbons (Fsp3) is 0.455. The van der Waals surface area contributed by atoms with Crippen LogP contribution in [0.3, 0.4) is 0 Å². The quantitative estimate of drug-likeness (QED) is 0.662. The van der Waals surface area contributed by atoms with Crippen LogP contribution in [0.25, 0.3) is 16.6 Å². The number of morpholine rings is 1. The molecule has 1 aliphatic rings. The number of aryl methyl sites for hydroxylation is 3. The molecule has 1 saturated heterocycles. The second-order valence-electron chi connectivity index (χ2n) is 8.21. The fourth-order valence-electron chi connectivity index (χ4n) is 4.16. The smallest absolute Gasteiger partial charge is 0.293 e. The predicted octanol–water partition coefficient (Wildman–Crippen LogP) is 2.14. The van der Waals surface area contributed by atoms with Gasteiger partial charge >= 0.3 is 0 Å². The van der Waals surface area contributed by atoms with Gasteiger partial charge in [0.1, 0.15) is 12.1 Å². The predicted molar refractivity (Wildman–Crippen MR) is 114 cm³/mol. The first-order valence-corrected chi connectivity index (χ1v) is 10.2. The fourth-order valence-corrected chi connectivity index (χ4v) is 4.16. The van der Waals surface area contributed by atoms with Crippen molar-refractivity contribution in [2.75, 3.05) is 13.1 Å². The van der Waals surface area contributed by atoms with Gasteiger partial charge in [-0.25, -0.2) is 9.36 Å². The van der Waals surface area contributed by atoms with Crippen molar-refractivity contribution in [1.82, 2.24) is 24.5 Å². The number of rotatable bonds is 3. The maximum absolute atomic E-state index is 13.3. The Bertz CT molecular complexity index is 1170. The minimum atomic E-state index is -0.323. The Kier molecular flexibility index (Phi) is 5.19. The van der Waals surface area contributed by atoms with Crippen molar-refractivity contribution in [2.24, 2.45) is 0 Å². The second-order valence-corrected chi connectivity index (χ2v) is 8.21. The first kappa shape index (κ1) is 20.3. The summed E-state index contributed by atoms with van der Waals surface area (Å²) in [4.78, 5) is 27.9. The standard InChI is InChI=1S/C22H27N5O3/c1-13-6-7-19(14(2)8-13)27-21-18(9-23-27)17(5)24-26(22(21)29)12-20(28)25-10-15(3)30-16(4)11-25/h6-9,15-16H,10-12H2,1-5H3. The van der Waals surface area contributed by atoms with Crippen LogP contribution in [0.5, 0.6) is 0 Å². The van der Waals surface area contributed by atoms with Crippen molar-refractivity contribution >= 4 is 16.8 Å². The maximum Gasteiger partial charge on any atom is 0.293 e. The van der Waals surface area contributed by atoms with Gasteiger partial charge in [-0.3, -0.25) is 9.59 Å². The summed E-state index contributed by atoms with van der Waals surface area (Å²) in [6, 6.07) is 6.00. The molecule has 8 nitrogen and oxygen atoms in total. The molecule has 158 valence electrons. The van der Waals surface area contributed by atoms with Crippen molar-refractivity contribution in [2.45, 2.75) is 53.4 Å². The highest BCUT2D eigenvalue weighted by Crippen LogP contribution is 2.21. The number of fused-ring (bicyclic) bond motifs is 1. The van der Waals surface area contributed by atoms with E-state index in [1.807, 2.05) is 46.8 Å². The van der Waals surface area contributed by atoms with Gasteiger partial charge in [0.15, 0.2) is 0 Å². The molecule has 2 unspecified atom stereocenters. The van der Waals surface area contributed by atoms with E-state index in [9.17, 15) is 9.59 Å². The molecule has 1 amide bonds. The van der Waals surface area contributed by atoms with Gasteiger partial charge in [-0.15, -0.1) is 0 Å². The summed E-state index contributed by atoms with van der Waals surface area (Å²) in [5.41, 5.74) is 3.78. The lowest BCUT2D eigenvalue weighted by molar-refractivity contribution is -0.144. The maximum atomic E-state index is 13.3. The third kappa shape index (κ3) is 3.63. The van der Waals surface area contributed by atoms with Crippen LogP contribution in [0.4, 0.5) is 0 Å². The van der Waals surface area contributed by atoms with Crippen LogP contribution in [0.1, 0.15) is 30.7 Å². The Labute approximate surface area is 175 Å². The number of carbonyl (C=O) groups is 1. The Morgan fingerprint density at radius 3 is 2.53 bits per heavy atom. The van der Waals surface area contributed by atoms with E-state index in [1.165, 1.54) is 4.68 Å². The Morgan fingerprint density at radius 1 is 1.17 bits per heavy atom. The molecule has 2 atom stereocenters. The number of hydrogen-bond acceptors (Lipinski definition) is 5. The van der Waals surface area contributed by atoms with Crippen LogP contribution < -0.4 is 5.56 Å². The highest BCUT2D eigenvalue weighted by Gasteiger charge is 2.27. The first-order valence-electron chi connectivity index (χ1n) is 10.2. The normalized spacial score (nSPS) is 19.4. The van der Waals surface area contributed by atoms with Crippen LogP contribution in [0.15, 0.2) is 29.2 Å². The third-order valence-corrected chi connectivity index (χ3v) is 5.50. The monoisotopic (exact) mass is 409 g/mol. The molecule has 8 heteroatoms. The minimum absolute atomic E-state index is 0.0301. The Balaban J connectivity index is 1.74. The van der Waals surface area contributed by atoms with E-state index in [0.29, 0.717) is 29.7 Å². The number of hydrogen-bond donors (Lipinski definition) is 0.